The Labute approximate surface area is 144 Å². The van der Waals surface area contributed by atoms with Crippen LogP contribution in [-0.2, 0) is 9.53 Å². The van der Waals surface area contributed by atoms with Crippen molar-refractivity contribution in [3.63, 3.8) is 0 Å². The topological polar surface area (TPSA) is 110 Å². The molecule has 2 N–H and O–H groups in total. The fourth-order valence-electron chi connectivity index (χ4n) is 2.95. The number of rotatable bonds is 5. The van der Waals surface area contributed by atoms with Crippen LogP contribution in [0.3, 0.4) is 0 Å². The van der Waals surface area contributed by atoms with E-state index in [9.17, 15) is 14.9 Å². The fourth-order valence-corrected chi connectivity index (χ4v) is 2.95. The number of nitro groups is 1. The Balaban J connectivity index is 1.68. The molecular formula is C17H20N4O4. The van der Waals surface area contributed by atoms with Gasteiger partial charge in [-0.3, -0.25) is 20.0 Å². The van der Waals surface area contributed by atoms with Gasteiger partial charge in [0.25, 0.3) is 5.69 Å². The van der Waals surface area contributed by atoms with Crippen molar-refractivity contribution in [3.8, 4) is 11.3 Å². The molecule has 8 heteroatoms. The molecule has 1 fully saturated rings. The molecule has 0 spiro atoms. The number of carbonyl (C=O) groups is 1. The molecule has 1 aliphatic heterocycles. The van der Waals surface area contributed by atoms with E-state index in [4.69, 9.17) is 4.74 Å². The maximum absolute atomic E-state index is 12.4. The number of aromatic nitrogens is 2. The Bertz CT molecular complexity index is 774. The predicted molar refractivity (Wildman–Crippen MR) is 92.1 cm³/mol. The van der Waals surface area contributed by atoms with Crippen LogP contribution in [0.4, 0.5) is 11.5 Å². The summed E-state index contributed by atoms with van der Waals surface area (Å²) in [5.41, 5.74) is 1.25. The van der Waals surface area contributed by atoms with Crippen LogP contribution >= 0.6 is 0 Å². The van der Waals surface area contributed by atoms with Gasteiger partial charge in [0.15, 0.2) is 5.82 Å². The molecule has 0 radical (unpaired) electrons. The molecule has 2 heterocycles. The average Bonchev–Trinajstić information content (AvgIpc) is 3.10. The van der Waals surface area contributed by atoms with Crippen LogP contribution in [0.2, 0.25) is 0 Å². The van der Waals surface area contributed by atoms with Gasteiger partial charge in [0.2, 0.25) is 5.91 Å². The number of nitro benzene ring substituents is 1. The summed E-state index contributed by atoms with van der Waals surface area (Å²) in [5.74, 6) is 0.251. The van der Waals surface area contributed by atoms with Crippen molar-refractivity contribution in [1.29, 1.82) is 0 Å². The summed E-state index contributed by atoms with van der Waals surface area (Å²) >= 11 is 0. The van der Waals surface area contributed by atoms with Crippen molar-refractivity contribution in [2.45, 2.75) is 32.3 Å². The molecule has 2 atom stereocenters. The van der Waals surface area contributed by atoms with Gasteiger partial charge >= 0.3 is 0 Å². The third-order valence-corrected chi connectivity index (χ3v) is 4.39. The second-order valence-corrected chi connectivity index (χ2v) is 6.09. The van der Waals surface area contributed by atoms with E-state index in [-0.39, 0.29) is 23.6 Å². The first-order chi connectivity index (χ1) is 12.1. The van der Waals surface area contributed by atoms with Crippen LogP contribution in [-0.4, -0.2) is 33.7 Å². The van der Waals surface area contributed by atoms with Crippen LogP contribution in [0, 0.1) is 16.0 Å². The number of ether oxygens (including phenoxy) is 1. The summed E-state index contributed by atoms with van der Waals surface area (Å²) < 4.78 is 5.59. The molecule has 0 saturated carbocycles. The van der Waals surface area contributed by atoms with Crippen molar-refractivity contribution < 1.29 is 14.5 Å². The monoisotopic (exact) mass is 344 g/mol. The maximum Gasteiger partial charge on any atom is 0.270 e. The third-order valence-electron chi connectivity index (χ3n) is 4.39. The van der Waals surface area contributed by atoms with Gasteiger partial charge in [-0.2, -0.15) is 5.10 Å². The average molecular weight is 344 g/mol. The highest BCUT2D eigenvalue weighted by Gasteiger charge is 2.27. The number of benzene rings is 1. The van der Waals surface area contributed by atoms with E-state index in [1.54, 1.807) is 18.2 Å². The lowest BCUT2D eigenvalue weighted by Crippen LogP contribution is -2.33. The first-order valence-corrected chi connectivity index (χ1v) is 8.29. The minimum Gasteiger partial charge on any atom is -0.378 e. The zero-order valence-electron chi connectivity index (χ0n) is 13.9. The number of anilines is 1. The first kappa shape index (κ1) is 17.1. The molecule has 1 amide bonds. The third kappa shape index (κ3) is 4.03. The van der Waals surface area contributed by atoms with Crippen LogP contribution in [0.15, 0.2) is 30.3 Å². The highest BCUT2D eigenvalue weighted by atomic mass is 16.6. The van der Waals surface area contributed by atoms with E-state index in [1.807, 2.05) is 6.92 Å². The summed E-state index contributed by atoms with van der Waals surface area (Å²) in [6, 6.07) is 7.92. The normalized spacial score (nSPS) is 20.2. The highest BCUT2D eigenvalue weighted by molar-refractivity contribution is 5.92. The summed E-state index contributed by atoms with van der Waals surface area (Å²) in [7, 11) is 0. The number of aromatic amines is 1. The Morgan fingerprint density at radius 2 is 2.32 bits per heavy atom. The van der Waals surface area contributed by atoms with E-state index >= 15 is 0 Å². The summed E-state index contributed by atoms with van der Waals surface area (Å²) in [4.78, 5) is 22.8. The second kappa shape index (κ2) is 7.43. The number of nitrogens with zero attached hydrogens (tertiary/aromatic N) is 2. The molecule has 1 saturated heterocycles. The minimum absolute atomic E-state index is 0.00509. The van der Waals surface area contributed by atoms with Gasteiger partial charge < -0.3 is 10.1 Å². The van der Waals surface area contributed by atoms with E-state index in [2.05, 4.69) is 15.5 Å². The van der Waals surface area contributed by atoms with Gasteiger partial charge in [-0.25, -0.2) is 0 Å². The lowest BCUT2D eigenvalue weighted by molar-refractivity contribution is -0.384. The Hall–Kier alpha value is -2.74. The lowest BCUT2D eigenvalue weighted by Gasteiger charge is -2.27. The largest absolute Gasteiger partial charge is 0.378 e. The zero-order valence-corrected chi connectivity index (χ0v) is 13.9. The Morgan fingerprint density at radius 3 is 3.08 bits per heavy atom. The van der Waals surface area contributed by atoms with E-state index in [0.717, 1.165) is 6.42 Å². The highest BCUT2D eigenvalue weighted by Crippen LogP contribution is 2.26. The van der Waals surface area contributed by atoms with Crippen LogP contribution in [0.25, 0.3) is 11.3 Å². The predicted octanol–water partition coefficient (Wildman–Crippen LogP) is 3.13. The number of non-ortho nitro benzene ring substituents is 1. The molecule has 1 aromatic heterocycles. The molecule has 3 rings (SSSR count). The van der Waals surface area contributed by atoms with Crippen molar-refractivity contribution in [2.75, 3.05) is 11.9 Å². The molecule has 1 aliphatic rings. The Kier molecular flexibility index (Phi) is 5.08. The van der Waals surface area contributed by atoms with Crippen molar-refractivity contribution >= 4 is 17.4 Å². The van der Waals surface area contributed by atoms with Gasteiger partial charge in [-0.05, 0) is 19.3 Å². The van der Waals surface area contributed by atoms with E-state index < -0.39 is 4.92 Å². The fraction of sp³-hybridized carbons (Fsp3) is 0.412. The number of H-pyrrole nitrogens is 1. The van der Waals surface area contributed by atoms with Crippen molar-refractivity contribution in [1.82, 2.24) is 10.2 Å². The van der Waals surface area contributed by atoms with Gasteiger partial charge in [-0.15, -0.1) is 0 Å². The Morgan fingerprint density at radius 1 is 1.48 bits per heavy atom. The molecule has 2 aromatic rings. The summed E-state index contributed by atoms with van der Waals surface area (Å²) in [5, 5.41) is 20.6. The van der Waals surface area contributed by atoms with Crippen molar-refractivity contribution in [3.05, 3.63) is 40.4 Å². The van der Waals surface area contributed by atoms with Crippen LogP contribution < -0.4 is 5.32 Å². The molecule has 8 nitrogen and oxygen atoms in total. The molecular weight excluding hydrogens is 324 g/mol. The van der Waals surface area contributed by atoms with Crippen molar-refractivity contribution in [2.24, 2.45) is 5.92 Å². The molecule has 132 valence electrons. The molecule has 0 unspecified atom stereocenters. The van der Waals surface area contributed by atoms with E-state index in [0.29, 0.717) is 36.5 Å². The molecule has 1 aromatic carbocycles. The van der Waals surface area contributed by atoms with Crippen LogP contribution in [0.1, 0.15) is 26.2 Å². The summed E-state index contributed by atoms with van der Waals surface area (Å²) in [6.45, 7) is 2.64. The summed E-state index contributed by atoms with van der Waals surface area (Å²) in [6.07, 6.45) is 2.43. The number of hydrogen-bond donors (Lipinski definition) is 2. The van der Waals surface area contributed by atoms with Crippen LogP contribution in [0.5, 0.6) is 0 Å². The molecule has 25 heavy (non-hydrogen) atoms. The quantitative estimate of drug-likeness (QED) is 0.639. The number of amides is 1. The maximum atomic E-state index is 12.4. The van der Waals surface area contributed by atoms with Gasteiger partial charge in [-0.1, -0.05) is 19.1 Å². The second-order valence-electron chi connectivity index (χ2n) is 6.09. The zero-order chi connectivity index (χ0) is 17.8. The minimum atomic E-state index is -0.447. The molecule has 0 bridgehead atoms. The number of hydrogen-bond acceptors (Lipinski definition) is 5. The first-order valence-electron chi connectivity index (χ1n) is 8.29. The van der Waals surface area contributed by atoms with Gasteiger partial charge in [0, 0.05) is 36.3 Å². The SMILES string of the molecule is CC[C@@H]1C[C@H](C(=O)Nc2cc(-c3cccc([N+](=O)[O-])c3)[nH]n2)CCO1. The number of carbonyl (C=O) groups excluding carboxylic acids is 1. The molecule has 0 aliphatic carbocycles. The smallest absolute Gasteiger partial charge is 0.270 e. The lowest BCUT2D eigenvalue weighted by atomic mass is 9.93. The van der Waals surface area contributed by atoms with E-state index in [1.165, 1.54) is 12.1 Å². The van der Waals surface area contributed by atoms with Gasteiger partial charge in [0.1, 0.15) is 0 Å². The standard InChI is InChI=1S/C17H20N4O4/c1-2-14-9-12(6-7-25-14)17(22)18-16-10-15(19-20-16)11-4-3-5-13(8-11)21(23)24/h3-5,8,10,12,14H,2,6-7,9H2,1H3,(H2,18,19,20,22)/t12-,14-/m1/s1. The number of nitrogens with one attached hydrogen (secondary N) is 2. The van der Waals surface area contributed by atoms with Gasteiger partial charge in [0.05, 0.1) is 16.7 Å².